The molecule has 0 saturated heterocycles. The molecule has 98 valence electrons. The first-order chi connectivity index (χ1) is 8.88. The third-order valence-electron chi connectivity index (χ3n) is 4.16. The Bertz CT molecular complexity index is 400. The minimum atomic E-state index is 0.702. The van der Waals surface area contributed by atoms with E-state index in [1.54, 1.807) is 5.56 Å². The van der Waals surface area contributed by atoms with Gasteiger partial charge >= 0.3 is 0 Å². The molecular formula is C16H23NS. The summed E-state index contributed by atoms with van der Waals surface area (Å²) >= 11 is 2.05. The van der Waals surface area contributed by atoms with Crippen LogP contribution in [0.25, 0.3) is 0 Å². The average Bonchev–Trinajstić information content (AvgIpc) is 3.12. The van der Waals surface area contributed by atoms with E-state index in [1.807, 2.05) is 11.8 Å². The Labute approximate surface area is 115 Å². The minimum Gasteiger partial charge on any atom is -0.313 e. The molecule has 0 spiro atoms. The van der Waals surface area contributed by atoms with Gasteiger partial charge in [-0.1, -0.05) is 38.0 Å². The third-order valence-corrected chi connectivity index (χ3v) is 5.37. The van der Waals surface area contributed by atoms with Crippen LogP contribution in [0, 0.1) is 5.92 Å². The van der Waals surface area contributed by atoms with Crippen LogP contribution in [0.4, 0.5) is 0 Å². The molecule has 0 aromatic heterocycles. The predicted octanol–water partition coefficient (Wildman–Crippen LogP) is 4.04. The number of fused-ring (bicyclic) bond motifs is 1. The molecule has 0 radical (unpaired) electrons. The summed E-state index contributed by atoms with van der Waals surface area (Å²) in [5.41, 5.74) is 1.59. The fourth-order valence-corrected chi connectivity index (χ4v) is 4.28. The van der Waals surface area contributed by atoms with Crippen molar-refractivity contribution < 1.29 is 0 Å². The Kier molecular flexibility index (Phi) is 3.95. The van der Waals surface area contributed by atoms with Crippen molar-refractivity contribution in [3.8, 4) is 0 Å². The normalized spacial score (nSPS) is 23.9. The Hall–Kier alpha value is -0.470. The topological polar surface area (TPSA) is 12.0 Å². The van der Waals surface area contributed by atoms with Gasteiger partial charge in [-0.2, -0.15) is 0 Å². The van der Waals surface area contributed by atoms with E-state index >= 15 is 0 Å². The first-order valence-electron chi connectivity index (χ1n) is 7.33. The van der Waals surface area contributed by atoms with Gasteiger partial charge in [0.05, 0.1) is 0 Å². The van der Waals surface area contributed by atoms with Crippen LogP contribution in [-0.2, 0) is 0 Å². The molecule has 1 aromatic carbocycles. The van der Waals surface area contributed by atoms with Gasteiger partial charge in [-0.05, 0) is 36.9 Å². The maximum absolute atomic E-state index is 3.81. The molecule has 1 aliphatic carbocycles. The zero-order valence-electron chi connectivity index (χ0n) is 11.2. The molecule has 2 aliphatic rings. The van der Waals surface area contributed by atoms with Crippen molar-refractivity contribution in [2.75, 3.05) is 12.3 Å². The summed E-state index contributed by atoms with van der Waals surface area (Å²) in [4.78, 5) is 1.52. The largest absolute Gasteiger partial charge is 0.313 e. The zero-order chi connectivity index (χ0) is 12.4. The van der Waals surface area contributed by atoms with Gasteiger partial charge in [0.25, 0.3) is 0 Å². The van der Waals surface area contributed by atoms with E-state index in [2.05, 4.69) is 36.5 Å². The molecular weight excluding hydrogens is 238 g/mol. The lowest BCUT2D eigenvalue weighted by Gasteiger charge is -2.25. The second kappa shape index (κ2) is 5.66. The molecule has 1 aliphatic heterocycles. The van der Waals surface area contributed by atoms with Crippen LogP contribution in [-0.4, -0.2) is 18.3 Å². The summed E-state index contributed by atoms with van der Waals surface area (Å²) in [6.45, 7) is 3.43. The minimum absolute atomic E-state index is 0.702. The summed E-state index contributed by atoms with van der Waals surface area (Å²) in [6, 6.07) is 9.70. The maximum Gasteiger partial charge on any atom is 0.0147 e. The fourth-order valence-electron chi connectivity index (χ4n) is 2.95. The lowest BCUT2D eigenvalue weighted by molar-refractivity contribution is 0.410. The van der Waals surface area contributed by atoms with E-state index < -0.39 is 0 Å². The van der Waals surface area contributed by atoms with Crippen molar-refractivity contribution in [2.45, 2.75) is 49.5 Å². The highest BCUT2D eigenvalue weighted by Crippen LogP contribution is 2.44. The summed E-state index contributed by atoms with van der Waals surface area (Å²) < 4.78 is 0. The Morgan fingerprint density at radius 2 is 2.17 bits per heavy atom. The van der Waals surface area contributed by atoms with E-state index in [1.165, 1.54) is 42.9 Å². The molecule has 1 saturated carbocycles. The molecule has 0 amide bonds. The molecule has 2 unspecified atom stereocenters. The van der Waals surface area contributed by atoms with E-state index in [4.69, 9.17) is 0 Å². The number of hydrogen-bond acceptors (Lipinski definition) is 2. The van der Waals surface area contributed by atoms with Crippen molar-refractivity contribution in [1.82, 2.24) is 5.32 Å². The molecule has 0 bridgehead atoms. The summed E-state index contributed by atoms with van der Waals surface area (Å²) in [5.74, 6) is 3.02. The van der Waals surface area contributed by atoms with Crippen LogP contribution >= 0.6 is 11.8 Å². The zero-order valence-corrected chi connectivity index (χ0v) is 12.0. The van der Waals surface area contributed by atoms with Crippen LogP contribution < -0.4 is 5.32 Å². The Morgan fingerprint density at radius 3 is 2.94 bits per heavy atom. The van der Waals surface area contributed by atoms with Gasteiger partial charge < -0.3 is 5.32 Å². The molecule has 3 rings (SSSR count). The predicted molar refractivity (Wildman–Crippen MR) is 79.3 cm³/mol. The van der Waals surface area contributed by atoms with Crippen LogP contribution in [0.2, 0.25) is 0 Å². The van der Waals surface area contributed by atoms with Crippen LogP contribution in [0.15, 0.2) is 29.2 Å². The van der Waals surface area contributed by atoms with Crippen LogP contribution in [0.3, 0.4) is 0 Å². The Morgan fingerprint density at radius 1 is 1.33 bits per heavy atom. The number of hydrogen-bond donors (Lipinski definition) is 1. The van der Waals surface area contributed by atoms with E-state index in [-0.39, 0.29) is 0 Å². The smallest absolute Gasteiger partial charge is 0.0147 e. The molecule has 18 heavy (non-hydrogen) atoms. The van der Waals surface area contributed by atoms with Crippen molar-refractivity contribution >= 4 is 11.8 Å². The highest BCUT2D eigenvalue weighted by Gasteiger charge is 2.34. The molecule has 1 N–H and O–H groups in total. The van der Waals surface area contributed by atoms with Gasteiger partial charge in [0.15, 0.2) is 0 Å². The lowest BCUT2D eigenvalue weighted by Crippen LogP contribution is -2.36. The number of benzene rings is 1. The third kappa shape index (κ3) is 2.75. The molecule has 2 atom stereocenters. The molecule has 1 heterocycles. The summed E-state index contributed by atoms with van der Waals surface area (Å²) in [5, 5.41) is 3.81. The molecule has 2 heteroatoms. The second-order valence-corrected chi connectivity index (χ2v) is 6.76. The summed E-state index contributed by atoms with van der Waals surface area (Å²) in [7, 11) is 0. The van der Waals surface area contributed by atoms with Crippen molar-refractivity contribution in [1.29, 1.82) is 0 Å². The highest BCUT2D eigenvalue weighted by atomic mass is 32.2. The van der Waals surface area contributed by atoms with Crippen LogP contribution in [0.1, 0.15) is 44.1 Å². The number of rotatable bonds is 6. The number of nitrogens with one attached hydrogen (secondary N) is 1. The monoisotopic (exact) mass is 261 g/mol. The Balaban J connectivity index is 1.73. The first-order valence-corrected chi connectivity index (χ1v) is 8.32. The fraction of sp³-hybridized carbons (Fsp3) is 0.625. The van der Waals surface area contributed by atoms with Gasteiger partial charge in [0.1, 0.15) is 0 Å². The van der Waals surface area contributed by atoms with E-state index in [0.717, 1.165) is 11.8 Å². The molecule has 1 nitrogen and oxygen atoms in total. The van der Waals surface area contributed by atoms with Crippen molar-refractivity contribution in [3.05, 3.63) is 29.8 Å². The molecule has 1 fully saturated rings. The molecule has 1 aromatic rings. The quantitative estimate of drug-likeness (QED) is 0.829. The standard InChI is InChI=1S/C16H23NS/c1-2-9-17-15(10-12-7-8-12)14-11-18-16-6-4-3-5-13(14)16/h3-6,12,14-15,17H,2,7-11H2,1H3. The SMILES string of the molecule is CCCNC(CC1CC1)C1CSc2ccccc21. The van der Waals surface area contributed by atoms with Gasteiger partial charge in [0, 0.05) is 22.6 Å². The van der Waals surface area contributed by atoms with Gasteiger partial charge in [-0.3, -0.25) is 0 Å². The van der Waals surface area contributed by atoms with Gasteiger partial charge in [-0.25, -0.2) is 0 Å². The lowest BCUT2D eigenvalue weighted by atomic mass is 9.90. The average molecular weight is 261 g/mol. The summed E-state index contributed by atoms with van der Waals surface area (Å²) in [6.07, 6.45) is 5.56. The first kappa shape index (κ1) is 12.6. The van der Waals surface area contributed by atoms with Gasteiger partial charge in [-0.15, -0.1) is 11.8 Å². The van der Waals surface area contributed by atoms with Crippen molar-refractivity contribution in [2.24, 2.45) is 5.92 Å². The van der Waals surface area contributed by atoms with Crippen molar-refractivity contribution in [3.63, 3.8) is 0 Å². The van der Waals surface area contributed by atoms with Crippen LogP contribution in [0.5, 0.6) is 0 Å². The van der Waals surface area contributed by atoms with Gasteiger partial charge in [0.2, 0.25) is 0 Å². The number of thioether (sulfide) groups is 1. The van der Waals surface area contributed by atoms with E-state index in [0.29, 0.717) is 6.04 Å². The highest BCUT2D eigenvalue weighted by molar-refractivity contribution is 7.99. The van der Waals surface area contributed by atoms with E-state index in [9.17, 15) is 0 Å². The second-order valence-electron chi connectivity index (χ2n) is 5.70. The maximum atomic E-state index is 3.81.